The highest BCUT2D eigenvalue weighted by Crippen LogP contribution is 2.30. The van der Waals surface area contributed by atoms with Crippen LogP contribution in [0.2, 0.25) is 0 Å². The van der Waals surface area contributed by atoms with Gasteiger partial charge in [-0.2, -0.15) is 5.26 Å². The van der Waals surface area contributed by atoms with Gasteiger partial charge in [-0.3, -0.25) is 4.79 Å². The number of nitrogens with one attached hydrogen (secondary N) is 1. The Morgan fingerprint density at radius 3 is 2.63 bits per heavy atom. The van der Waals surface area contributed by atoms with E-state index in [2.05, 4.69) is 16.0 Å². The van der Waals surface area contributed by atoms with Gasteiger partial charge < -0.3 is 14.5 Å². The van der Waals surface area contributed by atoms with Crippen LogP contribution in [0, 0.1) is 11.3 Å². The number of hydrogen-bond acceptors (Lipinski definition) is 5. The van der Waals surface area contributed by atoms with Crippen LogP contribution >= 0.6 is 0 Å². The highest BCUT2D eigenvalue weighted by atomic mass is 16.5. The molecule has 3 aromatic rings. The predicted octanol–water partition coefficient (Wildman–Crippen LogP) is 3.78. The van der Waals surface area contributed by atoms with E-state index in [-0.39, 0.29) is 17.0 Å². The number of hydrogen-bond donors (Lipinski definition) is 1. The molecule has 0 aliphatic heterocycles. The number of rotatable bonds is 6. The van der Waals surface area contributed by atoms with Gasteiger partial charge in [-0.25, -0.2) is 4.98 Å². The number of fused-ring (bicyclic) bond motifs is 1. The number of nitriles is 1. The van der Waals surface area contributed by atoms with Gasteiger partial charge in [0.05, 0.1) is 29.7 Å². The number of nitrogens with zero attached hydrogens (tertiary/aromatic N) is 2. The van der Waals surface area contributed by atoms with E-state index in [1.807, 2.05) is 19.9 Å². The summed E-state index contributed by atoms with van der Waals surface area (Å²) in [6, 6.07) is 14.5. The number of aromatic amines is 1. The highest BCUT2D eigenvalue weighted by molar-refractivity contribution is 5.89. The lowest BCUT2D eigenvalue weighted by Gasteiger charge is -2.11. The van der Waals surface area contributed by atoms with Crippen molar-refractivity contribution in [1.82, 2.24) is 9.97 Å². The zero-order valence-corrected chi connectivity index (χ0v) is 15.2. The fourth-order valence-corrected chi connectivity index (χ4v) is 2.69. The van der Waals surface area contributed by atoms with Crippen LogP contribution in [0.5, 0.6) is 11.5 Å². The summed E-state index contributed by atoms with van der Waals surface area (Å²) < 4.78 is 11.2. The van der Waals surface area contributed by atoms with Gasteiger partial charge in [-0.05, 0) is 49.8 Å². The van der Waals surface area contributed by atoms with E-state index in [9.17, 15) is 10.1 Å². The Kier molecular flexibility index (Phi) is 5.53. The van der Waals surface area contributed by atoms with Gasteiger partial charge in [0.2, 0.25) is 0 Å². The van der Waals surface area contributed by atoms with Crippen molar-refractivity contribution >= 4 is 22.6 Å². The molecule has 0 aliphatic carbocycles. The lowest BCUT2D eigenvalue weighted by atomic mass is 10.1. The van der Waals surface area contributed by atoms with Crippen LogP contribution in [-0.2, 0) is 0 Å². The standard InChI is InChI=1S/C21H19N3O3/c1-3-26-18-10-9-14(12-19(18)27-4-2)11-15(13-22)20-23-17-8-6-5-7-16(17)21(25)24-20/h5-12H,3-4H2,1-2H3,(H,23,24,25). The number of benzene rings is 2. The molecule has 0 saturated carbocycles. The lowest BCUT2D eigenvalue weighted by molar-refractivity contribution is 0.287. The van der Waals surface area contributed by atoms with Gasteiger partial charge in [0.15, 0.2) is 17.3 Å². The third-order valence-corrected chi connectivity index (χ3v) is 3.87. The van der Waals surface area contributed by atoms with E-state index in [1.165, 1.54) is 0 Å². The van der Waals surface area contributed by atoms with Crippen molar-refractivity contribution < 1.29 is 9.47 Å². The van der Waals surface area contributed by atoms with E-state index < -0.39 is 0 Å². The Labute approximate surface area is 156 Å². The maximum absolute atomic E-state index is 12.3. The first-order valence-electron chi connectivity index (χ1n) is 8.67. The number of para-hydroxylation sites is 1. The molecule has 27 heavy (non-hydrogen) atoms. The van der Waals surface area contributed by atoms with Crippen LogP contribution in [0.25, 0.3) is 22.6 Å². The van der Waals surface area contributed by atoms with E-state index in [0.29, 0.717) is 35.6 Å². The molecule has 6 heteroatoms. The van der Waals surface area contributed by atoms with Crippen LogP contribution in [-0.4, -0.2) is 23.2 Å². The fourth-order valence-electron chi connectivity index (χ4n) is 2.69. The number of aromatic nitrogens is 2. The van der Waals surface area contributed by atoms with Crippen molar-refractivity contribution in [2.75, 3.05) is 13.2 Å². The first-order chi connectivity index (χ1) is 13.2. The van der Waals surface area contributed by atoms with Gasteiger partial charge in [-0.15, -0.1) is 0 Å². The van der Waals surface area contributed by atoms with Crippen molar-refractivity contribution in [3.63, 3.8) is 0 Å². The van der Waals surface area contributed by atoms with E-state index in [1.54, 1.807) is 42.5 Å². The molecule has 2 aromatic carbocycles. The van der Waals surface area contributed by atoms with Crippen molar-refractivity contribution in [3.8, 4) is 17.6 Å². The van der Waals surface area contributed by atoms with E-state index in [0.717, 1.165) is 5.56 Å². The summed E-state index contributed by atoms with van der Waals surface area (Å²) in [5.74, 6) is 1.48. The molecular formula is C21H19N3O3. The van der Waals surface area contributed by atoms with Crippen LogP contribution < -0.4 is 15.0 Å². The predicted molar refractivity (Wildman–Crippen MR) is 105 cm³/mol. The summed E-state index contributed by atoms with van der Waals surface area (Å²) in [7, 11) is 0. The average molecular weight is 361 g/mol. The van der Waals surface area contributed by atoms with Crippen LogP contribution in [0.1, 0.15) is 25.2 Å². The molecule has 0 fully saturated rings. The maximum Gasteiger partial charge on any atom is 0.259 e. The second-order valence-electron chi connectivity index (χ2n) is 5.67. The molecule has 136 valence electrons. The molecule has 0 bridgehead atoms. The van der Waals surface area contributed by atoms with E-state index in [4.69, 9.17) is 9.47 Å². The molecule has 1 heterocycles. The van der Waals surface area contributed by atoms with Crippen LogP contribution in [0.3, 0.4) is 0 Å². The molecular weight excluding hydrogens is 342 g/mol. The molecule has 1 N–H and O–H groups in total. The minimum Gasteiger partial charge on any atom is -0.490 e. The van der Waals surface area contributed by atoms with Crippen LogP contribution in [0.4, 0.5) is 0 Å². The summed E-state index contributed by atoms with van der Waals surface area (Å²) in [6.07, 6.45) is 1.66. The van der Waals surface area contributed by atoms with Crippen molar-refractivity contribution in [3.05, 3.63) is 64.2 Å². The third kappa shape index (κ3) is 3.98. The number of ether oxygens (including phenoxy) is 2. The quantitative estimate of drug-likeness (QED) is 0.675. The monoisotopic (exact) mass is 361 g/mol. The molecule has 0 saturated heterocycles. The maximum atomic E-state index is 12.3. The Hall–Kier alpha value is -3.59. The normalized spacial score (nSPS) is 11.2. The SMILES string of the molecule is CCOc1ccc(C=C(C#N)c2nc3ccccc3c(=O)[nH]2)cc1OCC. The van der Waals surface area contributed by atoms with Gasteiger partial charge in [0.1, 0.15) is 6.07 Å². The second-order valence-corrected chi connectivity index (χ2v) is 5.67. The molecule has 0 radical (unpaired) electrons. The first kappa shape index (κ1) is 18.2. The van der Waals surface area contributed by atoms with Crippen molar-refractivity contribution in [1.29, 1.82) is 5.26 Å². The summed E-state index contributed by atoms with van der Waals surface area (Å²) in [6.45, 7) is 4.82. The molecule has 0 spiro atoms. The number of H-pyrrole nitrogens is 1. The molecule has 1 aromatic heterocycles. The Balaban J connectivity index is 2.06. The molecule has 0 unspecified atom stereocenters. The second kappa shape index (κ2) is 8.19. The zero-order chi connectivity index (χ0) is 19.2. The van der Waals surface area contributed by atoms with Gasteiger partial charge in [0.25, 0.3) is 5.56 Å². The molecule has 6 nitrogen and oxygen atoms in total. The molecule has 0 aliphatic rings. The minimum atomic E-state index is -0.279. The molecule has 0 amide bonds. The van der Waals surface area contributed by atoms with Crippen molar-refractivity contribution in [2.24, 2.45) is 0 Å². The first-order valence-corrected chi connectivity index (χ1v) is 8.67. The van der Waals surface area contributed by atoms with E-state index >= 15 is 0 Å². The topological polar surface area (TPSA) is 88.0 Å². The summed E-state index contributed by atoms with van der Waals surface area (Å²) in [5, 5.41) is 10.1. The highest BCUT2D eigenvalue weighted by Gasteiger charge is 2.10. The fraction of sp³-hybridized carbons (Fsp3) is 0.190. The zero-order valence-electron chi connectivity index (χ0n) is 15.2. The van der Waals surface area contributed by atoms with Gasteiger partial charge in [0, 0.05) is 0 Å². The Bertz CT molecular complexity index is 1090. The molecule has 0 atom stereocenters. The smallest absolute Gasteiger partial charge is 0.259 e. The number of allylic oxidation sites excluding steroid dienone is 1. The summed E-state index contributed by atoms with van der Waals surface area (Å²) in [5.41, 5.74) is 1.26. The Morgan fingerprint density at radius 1 is 1.15 bits per heavy atom. The van der Waals surface area contributed by atoms with Gasteiger partial charge in [-0.1, -0.05) is 18.2 Å². The Morgan fingerprint density at radius 2 is 1.89 bits per heavy atom. The average Bonchev–Trinajstić information content (AvgIpc) is 2.68. The lowest BCUT2D eigenvalue weighted by Crippen LogP contribution is -2.11. The third-order valence-electron chi connectivity index (χ3n) is 3.87. The molecule has 3 rings (SSSR count). The van der Waals surface area contributed by atoms with Crippen LogP contribution in [0.15, 0.2) is 47.3 Å². The summed E-state index contributed by atoms with van der Waals surface area (Å²) in [4.78, 5) is 19.3. The minimum absolute atomic E-state index is 0.230. The summed E-state index contributed by atoms with van der Waals surface area (Å²) >= 11 is 0. The van der Waals surface area contributed by atoms with Gasteiger partial charge >= 0.3 is 0 Å². The van der Waals surface area contributed by atoms with Crippen molar-refractivity contribution in [2.45, 2.75) is 13.8 Å². The largest absolute Gasteiger partial charge is 0.490 e.